The van der Waals surface area contributed by atoms with Gasteiger partial charge >= 0.3 is 6.03 Å². The maximum Gasteiger partial charge on any atom is 0.315 e. The predicted molar refractivity (Wildman–Crippen MR) is 89.0 cm³/mol. The van der Waals surface area contributed by atoms with Crippen LogP contribution in [0.2, 0.25) is 0 Å². The number of nitrogens with one attached hydrogen (secondary N) is 3. The molecule has 3 rings (SSSR count). The summed E-state index contributed by atoms with van der Waals surface area (Å²) in [5.41, 5.74) is 2.24. The summed E-state index contributed by atoms with van der Waals surface area (Å²) in [5, 5.41) is 12.5. The van der Waals surface area contributed by atoms with Crippen LogP contribution in [0.4, 0.5) is 4.79 Å². The first kappa shape index (κ1) is 15.6. The highest BCUT2D eigenvalue weighted by molar-refractivity contribution is 5.73. The number of hydrogen-bond donors (Lipinski definition) is 3. The number of benzene rings is 1. The number of aromatic nitrogens is 2. The summed E-state index contributed by atoms with van der Waals surface area (Å²) in [6, 6.07) is 12.3. The van der Waals surface area contributed by atoms with E-state index in [9.17, 15) is 4.79 Å². The lowest BCUT2D eigenvalue weighted by Gasteiger charge is -2.19. The van der Waals surface area contributed by atoms with Crippen LogP contribution >= 0.6 is 0 Å². The van der Waals surface area contributed by atoms with Gasteiger partial charge in [0.2, 0.25) is 0 Å². The van der Waals surface area contributed by atoms with E-state index in [1.165, 1.54) is 5.56 Å². The smallest absolute Gasteiger partial charge is 0.315 e. The van der Waals surface area contributed by atoms with Crippen LogP contribution in [0.3, 0.4) is 0 Å². The van der Waals surface area contributed by atoms with Gasteiger partial charge in [-0.15, -0.1) is 0 Å². The zero-order valence-corrected chi connectivity index (χ0v) is 13.3. The topological polar surface area (TPSA) is 73.1 Å². The molecule has 0 spiro atoms. The average Bonchev–Trinajstić information content (AvgIpc) is 3.21. The first-order chi connectivity index (χ1) is 11.2. The van der Waals surface area contributed by atoms with Crippen molar-refractivity contribution in [3.63, 3.8) is 0 Å². The SMILES string of the molecule is CN1C[C@@H](CNC(=O)NCc2ccn[nH]2)[C@H](c2ccccc2)C1. The molecule has 1 aliphatic rings. The number of amides is 2. The molecule has 3 N–H and O–H groups in total. The molecule has 0 unspecified atom stereocenters. The largest absolute Gasteiger partial charge is 0.338 e. The van der Waals surface area contributed by atoms with E-state index < -0.39 is 0 Å². The lowest BCUT2D eigenvalue weighted by molar-refractivity contribution is 0.238. The van der Waals surface area contributed by atoms with Crippen molar-refractivity contribution in [3.8, 4) is 0 Å². The third-order valence-corrected chi connectivity index (χ3v) is 4.37. The van der Waals surface area contributed by atoms with Crippen molar-refractivity contribution in [1.29, 1.82) is 0 Å². The predicted octanol–water partition coefficient (Wildman–Crippen LogP) is 1.55. The van der Waals surface area contributed by atoms with Crippen LogP contribution in [0.5, 0.6) is 0 Å². The number of carbonyl (C=O) groups is 1. The molecule has 1 saturated heterocycles. The molecule has 1 aliphatic heterocycles. The molecular formula is C17H23N5O. The number of aromatic amines is 1. The number of carbonyl (C=O) groups excluding carboxylic acids is 1. The lowest BCUT2D eigenvalue weighted by Crippen LogP contribution is -2.39. The third-order valence-electron chi connectivity index (χ3n) is 4.37. The third kappa shape index (κ3) is 4.10. The zero-order valence-electron chi connectivity index (χ0n) is 13.3. The van der Waals surface area contributed by atoms with Crippen molar-refractivity contribution in [2.75, 3.05) is 26.7 Å². The molecule has 1 fully saturated rings. The molecule has 122 valence electrons. The van der Waals surface area contributed by atoms with Gasteiger partial charge in [-0.25, -0.2) is 4.79 Å². The number of hydrogen-bond acceptors (Lipinski definition) is 3. The summed E-state index contributed by atoms with van der Waals surface area (Å²) >= 11 is 0. The van der Waals surface area contributed by atoms with E-state index in [-0.39, 0.29) is 6.03 Å². The molecule has 0 radical (unpaired) electrons. The Morgan fingerprint density at radius 1 is 1.26 bits per heavy atom. The molecule has 1 aromatic carbocycles. The van der Waals surface area contributed by atoms with Crippen LogP contribution in [-0.4, -0.2) is 47.8 Å². The number of H-pyrrole nitrogens is 1. The van der Waals surface area contributed by atoms with E-state index in [2.05, 4.69) is 57.0 Å². The summed E-state index contributed by atoms with van der Waals surface area (Å²) in [6.45, 7) is 3.17. The van der Waals surface area contributed by atoms with E-state index in [0.717, 1.165) is 18.8 Å². The Hall–Kier alpha value is -2.34. The number of likely N-dealkylation sites (N-methyl/N-ethyl adjacent to an activating group) is 1. The summed E-state index contributed by atoms with van der Waals surface area (Å²) < 4.78 is 0. The van der Waals surface area contributed by atoms with Crippen LogP contribution in [-0.2, 0) is 6.54 Å². The summed E-state index contributed by atoms with van der Waals surface area (Å²) in [7, 11) is 2.13. The maximum atomic E-state index is 11.9. The quantitative estimate of drug-likeness (QED) is 0.784. The summed E-state index contributed by atoms with van der Waals surface area (Å²) in [4.78, 5) is 14.3. The van der Waals surface area contributed by atoms with Gasteiger partial charge in [0.25, 0.3) is 0 Å². The van der Waals surface area contributed by atoms with Gasteiger partial charge < -0.3 is 15.5 Å². The summed E-state index contributed by atoms with van der Waals surface area (Å²) in [5.74, 6) is 0.898. The highest BCUT2D eigenvalue weighted by Gasteiger charge is 2.31. The van der Waals surface area contributed by atoms with E-state index >= 15 is 0 Å². The van der Waals surface area contributed by atoms with Crippen LogP contribution in [0.25, 0.3) is 0 Å². The van der Waals surface area contributed by atoms with Gasteiger partial charge in [-0.05, 0) is 24.6 Å². The van der Waals surface area contributed by atoms with Gasteiger partial charge in [-0.2, -0.15) is 5.10 Å². The molecule has 0 saturated carbocycles. The van der Waals surface area contributed by atoms with Gasteiger partial charge in [0.05, 0.1) is 12.2 Å². The maximum absolute atomic E-state index is 11.9. The van der Waals surface area contributed by atoms with E-state index in [1.807, 2.05) is 12.1 Å². The molecule has 1 aromatic heterocycles. The monoisotopic (exact) mass is 313 g/mol. The van der Waals surface area contributed by atoms with E-state index in [1.54, 1.807) is 6.20 Å². The number of rotatable bonds is 5. The second-order valence-corrected chi connectivity index (χ2v) is 6.14. The van der Waals surface area contributed by atoms with Crippen molar-refractivity contribution < 1.29 is 4.79 Å². The fourth-order valence-electron chi connectivity index (χ4n) is 3.22. The highest BCUT2D eigenvalue weighted by Crippen LogP contribution is 2.31. The first-order valence-electron chi connectivity index (χ1n) is 7.96. The Morgan fingerprint density at radius 3 is 2.83 bits per heavy atom. The van der Waals surface area contributed by atoms with Gasteiger partial charge in [-0.1, -0.05) is 30.3 Å². The summed E-state index contributed by atoms with van der Waals surface area (Å²) in [6.07, 6.45) is 1.67. The Kier molecular flexibility index (Phi) is 4.92. The van der Waals surface area contributed by atoms with Gasteiger partial charge in [-0.3, -0.25) is 5.10 Å². The van der Waals surface area contributed by atoms with Crippen molar-refractivity contribution in [3.05, 3.63) is 53.9 Å². The Bertz CT molecular complexity index is 613. The fourth-order valence-corrected chi connectivity index (χ4v) is 3.22. The van der Waals surface area contributed by atoms with Crippen LogP contribution in [0.15, 0.2) is 42.6 Å². The Morgan fingerprint density at radius 2 is 2.09 bits per heavy atom. The van der Waals surface area contributed by atoms with Gasteiger partial charge in [0, 0.05) is 31.7 Å². The second kappa shape index (κ2) is 7.28. The molecule has 2 amide bonds. The molecule has 0 aliphatic carbocycles. The second-order valence-electron chi connectivity index (χ2n) is 6.14. The minimum Gasteiger partial charge on any atom is -0.338 e. The van der Waals surface area contributed by atoms with Gasteiger partial charge in [0.1, 0.15) is 0 Å². The molecule has 6 nitrogen and oxygen atoms in total. The van der Waals surface area contributed by atoms with Crippen molar-refractivity contribution in [2.45, 2.75) is 12.5 Å². The molecular weight excluding hydrogens is 290 g/mol. The molecule has 0 bridgehead atoms. The normalized spacial score (nSPS) is 21.3. The van der Waals surface area contributed by atoms with Gasteiger partial charge in [0.15, 0.2) is 0 Å². The molecule has 2 aromatic rings. The minimum atomic E-state index is -0.138. The fraction of sp³-hybridized carbons (Fsp3) is 0.412. The van der Waals surface area contributed by atoms with Crippen LogP contribution in [0.1, 0.15) is 17.2 Å². The lowest BCUT2D eigenvalue weighted by atomic mass is 9.89. The van der Waals surface area contributed by atoms with Crippen molar-refractivity contribution in [1.82, 2.24) is 25.7 Å². The van der Waals surface area contributed by atoms with Crippen LogP contribution in [0, 0.1) is 5.92 Å². The van der Waals surface area contributed by atoms with Crippen LogP contribution < -0.4 is 10.6 Å². The Balaban J connectivity index is 1.51. The first-order valence-corrected chi connectivity index (χ1v) is 7.96. The van der Waals surface area contributed by atoms with E-state index in [0.29, 0.717) is 24.9 Å². The Labute approximate surface area is 136 Å². The standard InChI is InChI=1S/C17H23N5O/c1-22-11-14(16(12-22)13-5-3-2-4-6-13)9-18-17(23)19-10-15-7-8-20-21-15/h2-8,14,16H,9-12H2,1H3,(H,20,21)(H2,18,19,23)/t14-,16+/m1/s1. The highest BCUT2D eigenvalue weighted by atomic mass is 16.2. The number of urea groups is 1. The molecule has 6 heteroatoms. The molecule has 23 heavy (non-hydrogen) atoms. The average molecular weight is 313 g/mol. The number of nitrogens with zero attached hydrogens (tertiary/aromatic N) is 2. The molecule has 2 heterocycles. The minimum absolute atomic E-state index is 0.138. The number of likely N-dealkylation sites (tertiary alicyclic amines) is 1. The molecule has 2 atom stereocenters. The van der Waals surface area contributed by atoms with Crippen molar-refractivity contribution >= 4 is 6.03 Å². The van der Waals surface area contributed by atoms with Crippen molar-refractivity contribution in [2.24, 2.45) is 5.92 Å². The van der Waals surface area contributed by atoms with E-state index in [4.69, 9.17) is 0 Å². The zero-order chi connectivity index (χ0) is 16.1.